The maximum atomic E-state index is 6.00. The summed E-state index contributed by atoms with van der Waals surface area (Å²) < 4.78 is 0. The number of hydrogen-bond acceptors (Lipinski definition) is 1. The fourth-order valence-electron chi connectivity index (χ4n) is 1.85. The van der Waals surface area contributed by atoms with Crippen molar-refractivity contribution in [1.82, 2.24) is 0 Å². The molecule has 0 fully saturated rings. The van der Waals surface area contributed by atoms with Crippen molar-refractivity contribution < 1.29 is 0 Å². The van der Waals surface area contributed by atoms with Gasteiger partial charge in [0.05, 0.1) is 0 Å². The molecule has 0 aromatic rings. The summed E-state index contributed by atoms with van der Waals surface area (Å²) in [6.07, 6.45) is 5.35. The minimum atomic E-state index is 0.560. The van der Waals surface area contributed by atoms with E-state index in [1.807, 2.05) is 0 Å². The van der Waals surface area contributed by atoms with E-state index in [2.05, 4.69) is 39.8 Å². The summed E-state index contributed by atoms with van der Waals surface area (Å²) in [5, 5.41) is 0. The van der Waals surface area contributed by atoms with E-state index in [4.69, 9.17) is 5.73 Å². The number of rotatable bonds is 2. The molecule has 0 bridgehead atoms. The van der Waals surface area contributed by atoms with Gasteiger partial charge in [-0.1, -0.05) is 32.4 Å². The van der Waals surface area contributed by atoms with Gasteiger partial charge in [-0.05, 0) is 31.3 Å². The molecule has 1 aliphatic carbocycles. The second-order valence-corrected chi connectivity index (χ2v) is 4.59. The van der Waals surface area contributed by atoms with E-state index in [-0.39, 0.29) is 0 Å². The highest BCUT2D eigenvalue weighted by molar-refractivity contribution is 5.24. The Morgan fingerprint density at radius 2 is 1.92 bits per heavy atom. The van der Waals surface area contributed by atoms with Gasteiger partial charge in [0.25, 0.3) is 0 Å². The summed E-state index contributed by atoms with van der Waals surface area (Å²) in [6, 6.07) is 0. The Morgan fingerprint density at radius 1 is 1.31 bits per heavy atom. The number of hydrogen-bond donors (Lipinski definition) is 1. The molecule has 0 heterocycles. The lowest BCUT2D eigenvalue weighted by Gasteiger charge is -2.29. The first-order chi connectivity index (χ1) is 6.02. The first-order valence-corrected chi connectivity index (χ1v) is 5.15. The predicted molar refractivity (Wildman–Crippen MR) is 58.1 cm³/mol. The molecule has 2 N–H and O–H groups in total. The van der Waals surface area contributed by atoms with Gasteiger partial charge in [0.1, 0.15) is 0 Å². The normalized spacial score (nSPS) is 25.5. The lowest BCUT2D eigenvalue weighted by atomic mass is 9.77. The maximum absolute atomic E-state index is 6.00. The van der Waals surface area contributed by atoms with Crippen molar-refractivity contribution in [2.24, 2.45) is 23.5 Å². The lowest BCUT2D eigenvalue weighted by Crippen LogP contribution is -2.25. The van der Waals surface area contributed by atoms with Gasteiger partial charge >= 0.3 is 0 Å². The SMILES string of the molecule is CC1=CC=C(N)C(C(C)C(C)C)C1. The van der Waals surface area contributed by atoms with E-state index in [1.54, 1.807) is 0 Å². The highest BCUT2D eigenvalue weighted by atomic mass is 14.6. The summed E-state index contributed by atoms with van der Waals surface area (Å²) in [7, 11) is 0. The zero-order valence-electron chi connectivity index (χ0n) is 9.17. The fraction of sp³-hybridized carbons (Fsp3) is 0.667. The summed E-state index contributed by atoms with van der Waals surface area (Å²) in [6.45, 7) is 9.02. The Kier molecular flexibility index (Phi) is 3.18. The molecule has 1 heteroatoms. The van der Waals surface area contributed by atoms with Gasteiger partial charge in [-0.3, -0.25) is 0 Å². The molecule has 0 saturated carbocycles. The summed E-state index contributed by atoms with van der Waals surface area (Å²) in [4.78, 5) is 0. The number of nitrogens with two attached hydrogens (primary N) is 1. The molecule has 1 nitrogen and oxygen atoms in total. The highest BCUT2D eigenvalue weighted by Crippen LogP contribution is 2.32. The van der Waals surface area contributed by atoms with Crippen molar-refractivity contribution >= 4 is 0 Å². The van der Waals surface area contributed by atoms with Gasteiger partial charge in [-0.15, -0.1) is 0 Å². The van der Waals surface area contributed by atoms with E-state index in [0.29, 0.717) is 17.8 Å². The Balaban J connectivity index is 2.73. The largest absolute Gasteiger partial charge is 0.402 e. The van der Waals surface area contributed by atoms with Gasteiger partial charge in [-0.2, -0.15) is 0 Å². The fourth-order valence-corrected chi connectivity index (χ4v) is 1.85. The molecular weight excluding hydrogens is 158 g/mol. The average molecular weight is 179 g/mol. The van der Waals surface area contributed by atoms with Crippen molar-refractivity contribution in [3.05, 3.63) is 23.4 Å². The van der Waals surface area contributed by atoms with Gasteiger partial charge in [0.15, 0.2) is 0 Å². The topological polar surface area (TPSA) is 26.0 Å². The maximum Gasteiger partial charge on any atom is 0.0118 e. The van der Waals surface area contributed by atoms with Crippen molar-refractivity contribution in [3.63, 3.8) is 0 Å². The first kappa shape index (κ1) is 10.4. The van der Waals surface area contributed by atoms with Crippen molar-refractivity contribution in [2.45, 2.75) is 34.1 Å². The van der Waals surface area contributed by atoms with E-state index >= 15 is 0 Å². The zero-order chi connectivity index (χ0) is 10.0. The molecule has 0 spiro atoms. The molecule has 2 atom stereocenters. The third-order valence-electron chi connectivity index (χ3n) is 3.22. The van der Waals surface area contributed by atoms with Crippen LogP contribution in [0.2, 0.25) is 0 Å². The molecule has 13 heavy (non-hydrogen) atoms. The molecule has 0 radical (unpaired) electrons. The first-order valence-electron chi connectivity index (χ1n) is 5.15. The van der Waals surface area contributed by atoms with Gasteiger partial charge in [0.2, 0.25) is 0 Å². The van der Waals surface area contributed by atoms with Crippen LogP contribution in [0.5, 0.6) is 0 Å². The number of allylic oxidation sites excluding steroid dienone is 4. The molecule has 0 aliphatic heterocycles. The van der Waals surface area contributed by atoms with Crippen LogP contribution < -0.4 is 5.73 Å². The average Bonchev–Trinajstić information content (AvgIpc) is 2.08. The van der Waals surface area contributed by atoms with Crippen LogP contribution >= 0.6 is 0 Å². The Bertz CT molecular complexity index is 236. The molecule has 0 aromatic carbocycles. The van der Waals surface area contributed by atoms with Crippen LogP contribution in [0.25, 0.3) is 0 Å². The summed E-state index contributed by atoms with van der Waals surface area (Å²) in [5.41, 5.74) is 8.51. The Labute approximate surface area is 81.7 Å². The van der Waals surface area contributed by atoms with Crippen LogP contribution in [0.15, 0.2) is 23.4 Å². The molecular formula is C12H21N. The van der Waals surface area contributed by atoms with Crippen LogP contribution in [-0.2, 0) is 0 Å². The second-order valence-electron chi connectivity index (χ2n) is 4.59. The van der Waals surface area contributed by atoms with E-state index in [0.717, 1.165) is 12.1 Å². The standard InChI is InChI=1S/C12H21N/c1-8(2)10(4)11-7-9(3)5-6-12(11)13/h5-6,8,10-11H,7,13H2,1-4H3. The van der Waals surface area contributed by atoms with Gasteiger partial charge < -0.3 is 5.73 Å². The smallest absolute Gasteiger partial charge is 0.0118 e. The third kappa shape index (κ3) is 2.36. The molecule has 74 valence electrons. The van der Waals surface area contributed by atoms with Crippen LogP contribution in [-0.4, -0.2) is 0 Å². The minimum absolute atomic E-state index is 0.560. The minimum Gasteiger partial charge on any atom is -0.402 e. The quantitative estimate of drug-likeness (QED) is 0.692. The van der Waals surface area contributed by atoms with Crippen LogP contribution in [0.4, 0.5) is 0 Å². The Morgan fingerprint density at radius 3 is 2.46 bits per heavy atom. The van der Waals surface area contributed by atoms with Crippen LogP contribution in [0.3, 0.4) is 0 Å². The third-order valence-corrected chi connectivity index (χ3v) is 3.22. The van der Waals surface area contributed by atoms with E-state index in [9.17, 15) is 0 Å². The van der Waals surface area contributed by atoms with Gasteiger partial charge in [0, 0.05) is 11.6 Å². The second kappa shape index (κ2) is 3.99. The van der Waals surface area contributed by atoms with Crippen molar-refractivity contribution in [2.75, 3.05) is 0 Å². The van der Waals surface area contributed by atoms with E-state index < -0.39 is 0 Å². The van der Waals surface area contributed by atoms with Crippen LogP contribution in [0, 0.1) is 17.8 Å². The summed E-state index contributed by atoms with van der Waals surface area (Å²) >= 11 is 0. The molecule has 0 saturated heterocycles. The zero-order valence-corrected chi connectivity index (χ0v) is 9.17. The van der Waals surface area contributed by atoms with Crippen molar-refractivity contribution in [3.8, 4) is 0 Å². The molecule has 2 unspecified atom stereocenters. The summed E-state index contributed by atoms with van der Waals surface area (Å²) in [5.74, 6) is 1.95. The predicted octanol–water partition coefficient (Wildman–Crippen LogP) is 3.09. The molecule has 0 amide bonds. The van der Waals surface area contributed by atoms with Gasteiger partial charge in [-0.25, -0.2) is 0 Å². The molecule has 1 rings (SSSR count). The van der Waals surface area contributed by atoms with Crippen molar-refractivity contribution in [1.29, 1.82) is 0 Å². The van der Waals surface area contributed by atoms with Crippen LogP contribution in [0.1, 0.15) is 34.1 Å². The van der Waals surface area contributed by atoms with E-state index in [1.165, 1.54) is 5.57 Å². The lowest BCUT2D eigenvalue weighted by molar-refractivity contribution is 0.305. The monoisotopic (exact) mass is 179 g/mol. The molecule has 1 aliphatic rings. The molecule has 0 aromatic heterocycles. The highest BCUT2D eigenvalue weighted by Gasteiger charge is 2.24. The Hall–Kier alpha value is -0.720.